The lowest BCUT2D eigenvalue weighted by Gasteiger charge is -2.24. The summed E-state index contributed by atoms with van der Waals surface area (Å²) >= 11 is 0. The fourth-order valence-electron chi connectivity index (χ4n) is 3.43. The number of benzene rings is 2. The van der Waals surface area contributed by atoms with Gasteiger partial charge in [-0.3, -0.25) is 9.78 Å². The molecule has 1 N–H and O–H groups in total. The number of aldehydes is 1. The predicted molar refractivity (Wildman–Crippen MR) is 120 cm³/mol. The van der Waals surface area contributed by atoms with Crippen molar-refractivity contribution < 1.29 is 27.8 Å². The van der Waals surface area contributed by atoms with E-state index >= 15 is 0 Å². The van der Waals surface area contributed by atoms with E-state index in [1.165, 1.54) is 18.3 Å². The van der Waals surface area contributed by atoms with E-state index in [0.717, 1.165) is 17.3 Å². The third-order valence-corrected chi connectivity index (χ3v) is 5.19. The number of nitrogens with zero attached hydrogens (tertiary/aromatic N) is 2. The number of ether oxygens (including phenoxy) is 1. The fourth-order valence-corrected chi connectivity index (χ4v) is 3.43. The molecule has 0 spiro atoms. The van der Waals surface area contributed by atoms with Gasteiger partial charge in [0.1, 0.15) is 18.2 Å². The van der Waals surface area contributed by atoms with Gasteiger partial charge < -0.3 is 14.7 Å². The van der Waals surface area contributed by atoms with E-state index in [2.05, 4.69) is 4.98 Å². The van der Waals surface area contributed by atoms with Crippen molar-refractivity contribution in [1.82, 2.24) is 4.98 Å². The molecule has 0 aliphatic rings. The van der Waals surface area contributed by atoms with Crippen LogP contribution in [0.5, 0.6) is 5.75 Å². The zero-order chi connectivity index (χ0) is 24.2. The standard InChI is InChI=1S/C25H25F3N2O3/c1-25(2,32)17-4-7-19(8-5-17)30(3)13-21-16(14-31)10-11-29-24(21)20-9-6-18(26)12-22(20)33-15-23(27)28/h4-12,14,23,32H,13,15H2,1-3H3. The van der Waals surface area contributed by atoms with Crippen molar-refractivity contribution in [2.75, 3.05) is 18.6 Å². The van der Waals surface area contributed by atoms with Gasteiger partial charge in [-0.15, -0.1) is 0 Å². The van der Waals surface area contributed by atoms with E-state index in [-0.39, 0.29) is 12.3 Å². The summed E-state index contributed by atoms with van der Waals surface area (Å²) < 4.78 is 44.4. The van der Waals surface area contributed by atoms with Crippen LogP contribution in [0.3, 0.4) is 0 Å². The zero-order valence-corrected chi connectivity index (χ0v) is 18.6. The third-order valence-electron chi connectivity index (χ3n) is 5.19. The summed E-state index contributed by atoms with van der Waals surface area (Å²) in [5.74, 6) is -0.718. The normalized spacial score (nSPS) is 11.5. The van der Waals surface area contributed by atoms with Gasteiger partial charge in [0.05, 0.1) is 11.3 Å². The average Bonchev–Trinajstić information content (AvgIpc) is 2.77. The monoisotopic (exact) mass is 458 g/mol. The van der Waals surface area contributed by atoms with Gasteiger partial charge in [-0.25, -0.2) is 13.2 Å². The molecule has 3 aromatic rings. The van der Waals surface area contributed by atoms with Crippen LogP contribution in [0.1, 0.15) is 35.3 Å². The molecule has 174 valence electrons. The highest BCUT2D eigenvalue weighted by Gasteiger charge is 2.20. The first kappa shape index (κ1) is 24.3. The van der Waals surface area contributed by atoms with E-state index in [4.69, 9.17) is 4.74 Å². The van der Waals surface area contributed by atoms with Crippen LogP contribution in [0.4, 0.5) is 18.9 Å². The number of halogens is 3. The Hall–Kier alpha value is -3.39. The summed E-state index contributed by atoms with van der Waals surface area (Å²) in [6.07, 6.45) is -0.608. The molecule has 0 aliphatic heterocycles. The van der Waals surface area contributed by atoms with E-state index in [1.54, 1.807) is 19.9 Å². The number of hydrogen-bond donors (Lipinski definition) is 1. The van der Waals surface area contributed by atoms with Crippen molar-refractivity contribution in [3.8, 4) is 17.0 Å². The molecule has 5 nitrogen and oxygen atoms in total. The second-order valence-corrected chi connectivity index (χ2v) is 8.15. The number of alkyl halides is 2. The molecule has 1 heterocycles. The van der Waals surface area contributed by atoms with E-state index in [9.17, 15) is 23.1 Å². The first-order valence-corrected chi connectivity index (χ1v) is 10.3. The Kier molecular flexibility index (Phi) is 7.38. The second-order valence-electron chi connectivity index (χ2n) is 8.15. The molecule has 0 bridgehead atoms. The van der Waals surface area contributed by atoms with Crippen molar-refractivity contribution in [3.05, 3.63) is 77.2 Å². The number of rotatable bonds is 9. The highest BCUT2D eigenvalue weighted by atomic mass is 19.3. The minimum Gasteiger partial charge on any atom is -0.487 e. The Bertz CT molecular complexity index is 1110. The largest absolute Gasteiger partial charge is 0.487 e. The summed E-state index contributed by atoms with van der Waals surface area (Å²) in [7, 11) is 1.82. The highest BCUT2D eigenvalue weighted by molar-refractivity contribution is 5.83. The Balaban J connectivity index is 2.00. The van der Waals surface area contributed by atoms with Crippen LogP contribution in [-0.2, 0) is 12.1 Å². The van der Waals surface area contributed by atoms with Crippen LogP contribution >= 0.6 is 0 Å². The highest BCUT2D eigenvalue weighted by Crippen LogP contribution is 2.34. The average molecular weight is 458 g/mol. The number of anilines is 1. The third kappa shape index (κ3) is 5.90. The van der Waals surface area contributed by atoms with Gasteiger partial charge in [-0.05, 0) is 49.7 Å². The Morgan fingerprint density at radius 3 is 2.45 bits per heavy atom. The molecule has 0 unspecified atom stereocenters. The number of hydrogen-bond acceptors (Lipinski definition) is 5. The number of aliphatic hydroxyl groups is 1. The van der Waals surface area contributed by atoms with Gasteiger partial charge in [0.15, 0.2) is 6.29 Å². The van der Waals surface area contributed by atoms with Gasteiger partial charge in [0, 0.05) is 48.2 Å². The van der Waals surface area contributed by atoms with Crippen LogP contribution < -0.4 is 9.64 Å². The van der Waals surface area contributed by atoms with Crippen LogP contribution in [0.2, 0.25) is 0 Å². The molecular weight excluding hydrogens is 433 g/mol. The number of carbonyl (C=O) groups excluding carboxylic acids is 1. The fraction of sp³-hybridized carbons (Fsp3) is 0.280. The molecular formula is C25H25F3N2O3. The quantitative estimate of drug-likeness (QED) is 0.446. The Labute approximate surface area is 190 Å². The molecule has 0 atom stereocenters. The lowest BCUT2D eigenvalue weighted by atomic mass is 9.98. The topological polar surface area (TPSA) is 62.7 Å². The molecule has 8 heteroatoms. The molecule has 0 fully saturated rings. The van der Waals surface area contributed by atoms with Gasteiger partial charge >= 0.3 is 0 Å². The van der Waals surface area contributed by atoms with Crippen molar-refractivity contribution >= 4 is 12.0 Å². The molecule has 2 aromatic carbocycles. The molecule has 0 amide bonds. The minimum absolute atomic E-state index is 0.0794. The predicted octanol–water partition coefficient (Wildman–Crippen LogP) is 5.21. The Morgan fingerprint density at radius 1 is 1.15 bits per heavy atom. The van der Waals surface area contributed by atoms with Crippen LogP contribution in [0, 0.1) is 5.82 Å². The summed E-state index contributed by atoms with van der Waals surface area (Å²) in [4.78, 5) is 18.0. The van der Waals surface area contributed by atoms with Crippen molar-refractivity contribution in [2.24, 2.45) is 0 Å². The van der Waals surface area contributed by atoms with Gasteiger partial charge in [-0.2, -0.15) is 0 Å². The molecule has 0 saturated heterocycles. The van der Waals surface area contributed by atoms with Crippen molar-refractivity contribution in [2.45, 2.75) is 32.4 Å². The first-order chi connectivity index (χ1) is 15.6. The van der Waals surface area contributed by atoms with Crippen LogP contribution in [0.25, 0.3) is 11.3 Å². The van der Waals surface area contributed by atoms with Gasteiger partial charge in [-0.1, -0.05) is 12.1 Å². The molecule has 3 rings (SSSR count). The minimum atomic E-state index is -2.73. The summed E-state index contributed by atoms with van der Waals surface area (Å²) in [6.45, 7) is 2.75. The summed E-state index contributed by atoms with van der Waals surface area (Å²) in [5, 5.41) is 10.2. The van der Waals surface area contributed by atoms with Gasteiger partial charge in [0.2, 0.25) is 0 Å². The summed E-state index contributed by atoms with van der Waals surface area (Å²) in [5.41, 5.74) is 2.14. The van der Waals surface area contributed by atoms with Crippen LogP contribution in [-0.4, -0.2) is 36.5 Å². The molecule has 1 aromatic heterocycles. The molecule has 0 saturated carbocycles. The van der Waals surface area contributed by atoms with Crippen molar-refractivity contribution in [3.63, 3.8) is 0 Å². The SMILES string of the molecule is CN(Cc1c(C=O)ccnc1-c1ccc(F)cc1OCC(F)F)c1ccc(C(C)(C)O)cc1. The Morgan fingerprint density at radius 2 is 1.85 bits per heavy atom. The van der Waals surface area contributed by atoms with Crippen LogP contribution in [0.15, 0.2) is 54.7 Å². The second kappa shape index (κ2) is 10.0. The zero-order valence-electron chi connectivity index (χ0n) is 18.6. The maximum absolute atomic E-state index is 13.8. The molecule has 33 heavy (non-hydrogen) atoms. The van der Waals surface area contributed by atoms with E-state index < -0.39 is 24.5 Å². The van der Waals surface area contributed by atoms with Crippen molar-refractivity contribution in [1.29, 1.82) is 0 Å². The maximum atomic E-state index is 13.8. The smallest absolute Gasteiger partial charge is 0.272 e. The van der Waals surface area contributed by atoms with E-state index in [0.29, 0.717) is 28.7 Å². The summed E-state index contributed by atoms with van der Waals surface area (Å²) in [6, 6.07) is 12.5. The lowest BCUT2D eigenvalue weighted by Crippen LogP contribution is -2.20. The number of pyridine rings is 1. The van der Waals surface area contributed by atoms with Gasteiger partial charge in [0.25, 0.3) is 6.43 Å². The molecule has 0 aliphatic carbocycles. The van der Waals surface area contributed by atoms with E-state index in [1.807, 2.05) is 36.2 Å². The molecule has 0 radical (unpaired) electrons. The lowest BCUT2D eigenvalue weighted by molar-refractivity contribution is 0.0786. The maximum Gasteiger partial charge on any atom is 0.272 e. The first-order valence-electron chi connectivity index (χ1n) is 10.3. The number of aromatic nitrogens is 1. The number of carbonyl (C=O) groups is 1.